The van der Waals surface area contributed by atoms with Crippen molar-refractivity contribution in [1.29, 1.82) is 0 Å². The Bertz CT molecular complexity index is 253. The van der Waals surface area contributed by atoms with Gasteiger partial charge in [-0.3, -0.25) is 4.79 Å². The summed E-state index contributed by atoms with van der Waals surface area (Å²) in [6, 6.07) is 0. The maximum atomic E-state index is 12.2. The molecule has 1 fully saturated rings. The van der Waals surface area contributed by atoms with Crippen LogP contribution < -0.4 is 5.73 Å². The Morgan fingerprint density at radius 2 is 2.21 bits per heavy atom. The molecule has 1 amide bonds. The first-order valence-corrected chi connectivity index (χ1v) is 7.76. The van der Waals surface area contributed by atoms with Crippen molar-refractivity contribution in [1.82, 2.24) is 4.90 Å². The van der Waals surface area contributed by atoms with Crippen LogP contribution >= 0.6 is 0 Å². The molecule has 112 valence electrons. The second-order valence-electron chi connectivity index (χ2n) is 5.65. The van der Waals surface area contributed by atoms with Crippen molar-refractivity contribution in [3.05, 3.63) is 0 Å². The summed E-state index contributed by atoms with van der Waals surface area (Å²) in [4.78, 5) is 14.2. The molecular weight excluding hydrogens is 240 g/mol. The predicted octanol–water partition coefficient (Wildman–Crippen LogP) is 2.17. The fraction of sp³-hybridized carbons (Fsp3) is 0.933. The molecule has 0 saturated carbocycles. The number of amides is 1. The zero-order valence-corrected chi connectivity index (χ0v) is 12.6. The van der Waals surface area contributed by atoms with Crippen LogP contribution in [0.1, 0.15) is 52.4 Å². The van der Waals surface area contributed by atoms with Crippen molar-refractivity contribution in [2.24, 2.45) is 11.7 Å². The highest BCUT2D eigenvalue weighted by atomic mass is 16.5. The van der Waals surface area contributed by atoms with Crippen molar-refractivity contribution < 1.29 is 9.53 Å². The highest BCUT2D eigenvalue weighted by Crippen LogP contribution is 2.18. The Hall–Kier alpha value is -0.610. The lowest BCUT2D eigenvalue weighted by molar-refractivity contribution is -0.132. The molecule has 4 heteroatoms. The summed E-state index contributed by atoms with van der Waals surface area (Å²) in [6.45, 7) is 7.33. The lowest BCUT2D eigenvalue weighted by Crippen LogP contribution is -2.36. The van der Waals surface area contributed by atoms with Crippen LogP contribution in [0.5, 0.6) is 0 Å². The highest BCUT2D eigenvalue weighted by molar-refractivity contribution is 5.76. The van der Waals surface area contributed by atoms with E-state index in [4.69, 9.17) is 10.5 Å². The Kier molecular flexibility index (Phi) is 8.07. The van der Waals surface area contributed by atoms with Crippen LogP contribution in [0.25, 0.3) is 0 Å². The number of ether oxygens (including phenoxy) is 1. The van der Waals surface area contributed by atoms with Crippen molar-refractivity contribution in [2.45, 2.75) is 58.5 Å². The lowest BCUT2D eigenvalue weighted by Gasteiger charge is -2.23. The average Bonchev–Trinajstić information content (AvgIpc) is 2.61. The van der Waals surface area contributed by atoms with Crippen molar-refractivity contribution in [3.8, 4) is 0 Å². The van der Waals surface area contributed by atoms with Gasteiger partial charge >= 0.3 is 0 Å². The van der Waals surface area contributed by atoms with Gasteiger partial charge in [-0.1, -0.05) is 19.8 Å². The molecule has 19 heavy (non-hydrogen) atoms. The van der Waals surface area contributed by atoms with E-state index in [1.54, 1.807) is 0 Å². The van der Waals surface area contributed by atoms with Crippen LogP contribution in [0, 0.1) is 5.92 Å². The molecule has 0 bridgehead atoms. The summed E-state index contributed by atoms with van der Waals surface area (Å²) >= 11 is 0. The number of rotatable bonds is 7. The predicted molar refractivity (Wildman–Crippen MR) is 77.9 cm³/mol. The summed E-state index contributed by atoms with van der Waals surface area (Å²) in [6.07, 6.45) is 6.17. The second-order valence-corrected chi connectivity index (χ2v) is 5.65. The zero-order chi connectivity index (χ0) is 14.1. The van der Waals surface area contributed by atoms with E-state index in [-0.39, 0.29) is 12.0 Å². The molecule has 0 aliphatic carbocycles. The average molecular weight is 270 g/mol. The Morgan fingerprint density at radius 1 is 1.42 bits per heavy atom. The van der Waals surface area contributed by atoms with Gasteiger partial charge in [-0.05, 0) is 38.6 Å². The summed E-state index contributed by atoms with van der Waals surface area (Å²) in [5.74, 6) is 0.898. The quantitative estimate of drug-likeness (QED) is 0.771. The van der Waals surface area contributed by atoms with Crippen LogP contribution in [0.4, 0.5) is 0 Å². The summed E-state index contributed by atoms with van der Waals surface area (Å²) < 4.78 is 5.58. The first-order chi connectivity index (χ1) is 9.17. The second kappa shape index (κ2) is 9.32. The Balaban J connectivity index is 2.35. The summed E-state index contributed by atoms with van der Waals surface area (Å²) in [5, 5.41) is 0. The number of carbonyl (C=O) groups excluding carboxylic acids is 1. The number of hydrogen-bond acceptors (Lipinski definition) is 3. The van der Waals surface area contributed by atoms with Crippen LogP contribution in [0.3, 0.4) is 0 Å². The molecule has 1 heterocycles. The van der Waals surface area contributed by atoms with Gasteiger partial charge in [-0.15, -0.1) is 0 Å². The molecule has 2 unspecified atom stereocenters. The van der Waals surface area contributed by atoms with Gasteiger partial charge in [0.2, 0.25) is 5.91 Å². The van der Waals surface area contributed by atoms with Crippen LogP contribution in [-0.2, 0) is 9.53 Å². The van der Waals surface area contributed by atoms with Crippen LogP contribution in [0.15, 0.2) is 0 Å². The van der Waals surface area contributed by atoms with E-state index in [1.807, 2.05) is 11.8 Å². The molecule has 1 aliphatic rings. The Morgan fingerprint density at radius 3 is 2.89 bits per heavy atom. The molecule has 0 spiro atoms. The monoisotopic (exact) mass is 270 g/mol. The van der Waals surface area contributed by atoms with Gasteiger partial charge in [0.25, 0.3) is 0 Å². The minimum atomic E-state index is 0.168. The first-order valence-electron chi connectivity index (χ1n) is 7.76. The fourth-order valence-corrected chi connectivity index (χ4v) is 2.78. The van der Waals surface area contributed by atoms with Gasteiger partial charge in [0.15, 0.2) is 0 Å². The van der Waals surface area contributed by atoms with Gasteiger partial charge in [0.05, 0.1) is 6.10 Å². The first kappa shape index (κ1) is 16.4. The lowest BCUT2D eigenvalue weighted by atomic mass is 9.94. The third-order valence-electron chi connectivity index (χ3n) is 3.84. The van der Waals surface area contributed by atoms with Crippen LogP contribution in [-0.4, -0.2) is 43.2 Å². The van der Waals surface area contributed by atoms with Gasteiger partial charge < -0.3 is 15.4 Å². The minimum absolute atomic E-state index is 0.168. The van der Waals surface area contributed by atoms with Gasteiger partial charge in [0, 0.05) is 26.1 Å². The molecule has 4 nitrogen and oxygen atoms in total. The number of nitrogens with two attached hydrogens (primary N) is 1. The van der Waals surface area contributed by atoms with Gasteiger partial charge in [0.1, 0.15) is 0 Å². The molecule has 2 N–H and O–H groups in total. The maximum Gasteiger partial charge on any atom is 0.222 e. The number of carbonyl (C=O) groups is 1. The molecule has 1 aliphatic heterocycles. The van der Waals surface area contributed by atoms with E-state index < -0.39 is 0 Å². The molecule has 0 aromatic heterocycles. The number of hydrogen-bond donors (Lipinski definition) is 1. The zero-order valence-electron chi connectivity index (χ0n) is 12.6. The standard InChI is InChI=1S/C15H30N2O2/c1-3-5-14(8-9-16)6-7-15(18)17-10-4-11-19-13(2)12-17/h13-14H,3-12,16H2,1-2H3. The Labute approximate surface area is 117 Å². The smallest absolute Gasteiger partial charge is 0.222 e. The SMILES string of the molecule is CCCC(CCN)CCC(=O)N1CCCOC(C)C1. The molecule has 0 aromatic rings. The van der Waals surface area contributed by atoms with E-state index in [9.17, 15) is 4.79 Å². The van der Waals surface area contributed by atoms with Crippen LogP contribution in [0.2, 0.25) is 0 Å². The molecule has 1 rings (SSSR count). The summed E-state index contributed by atoms with van der Waals surface area (Å²) in [7, 11) is 0. The number of nitrogens with zero attached hydrogens (tertiary/aromatic N) is 1. The normalized spacial score (nSPS) is 22.1. The largest absolute Gasteiger partial charge is 0.377 e. The van der Waals surface area contributed by atoms with E-state index in [0.717, 1.165) is 45.5 Å². The third kappa shape index (κ3) is 6.39. The van der Waals surface area contributed by atoms with E-state index in [1.165, 1.54) is 12.8 Å². The van der Waals surface area contributed by atoms with E-state index in [0.29, 0.717) is 12.3 Å². The topological polar surface area (TPSA) is 55.6 Å². The van der Waals surface area contributed by atoms with Crippen molar-refractivity contribution in [2.75, 3.05) is 26.2 Å². The maximum absolute atomic E-state index is 12.2. The van der Waals surface area contributed by atoms with E-state index >= 15 is 0 Å². The fourth-order valence-electron chi connectivity index (χ4n) is 2.78. The third-order valence-corrected chi connectivity index (χ3v) is 3.84. The molecule has 0 radical (unpaired) electrons. The summed E-state index contributed by atoms with van der Waals surface area (Å²) in [5.41, 5.74) is 5.64. The molecule has 2 atom stereocenters. The molecular formula is C15H30N2O2. The highest BCUT2D eigenvalue weighted by Gasteiger charge is 2.20. The minimum Gasteiger partial charge on any atom is -0.377 e. The molecule has 1 saturated heterocycles. The van der Waals surface area contributed by atoms with Crippen molar-refractivity contribution >= 4 is 5.91 Å². The molecule has 0 aromatic carbocycles. The van der Waals surface area contributed by atoms with Gasteiger partial charge in [-0.2, -0.15) is 0 Å². The van der Waals surface area contributed by atoms with Crippen molar-refractivity contribution in [3.63, 3.8) is 0 Å². The van der Waals surface area contributed by atoms with E-state index in [2.05, 4.69) is 6.92 Å². The van der Waals surface area contributed by atoms with Gasteiger partial charge in [-0.25, -0.2) is 0 Å².